The van der Waals surface area contributed by atoms with Crippen LogP contribution in [0.25, 0.3) is 0 Å². The number of ether oxygens (including phenoxy) is 1. The zero-order valence-electron chi connectivity index (χ0n) is 18.9. The summed E-state index contributed by atoms with van der Waals surface area (Å²) in [4.78, 5) is 7.31. The minimum Gasteiger partial charge on any atom is -0.379 e. The predicted molar refractivity (Wildman–Crippen MR) is 135 cm³/mol. The van der Waals surface area contributed by atoms with Crippen LogP contribution in [0.15, 0.2) is 29.3 Å². The molecule has 2 aromatic rings. The van der Waals surface area contributed by atoms with Crippen LogP contribution in [0.1, 0.15) is 42.5 Å². The second kappa shape index (κ2) is 13.6. The van der Waals surface area contributed by atoms with E-state index in [2.05, 4.69) is 56.9 Å². The van der Waals surface area contributed by atoms with Gasteiger partial charge in [0.25, 0.3) is 0 Å². The van der Waals surface area contributed by atoms with Crippen LogP contribution < -0.4 is 10.6 Å². The van der Waals surface area contributed by atoms with Gasteiger partial charge in [-0.15, -0.1) is 34.2 Å². The number of unbranched alkanes of at least 4 members (excludes halogenated alkanes) is 1. The highest BCUT2D eigenvalue weighted by Crippen LogP contribution is 2.14. The molecule has 0 saturated carbocycles. The summed E-state index contributed by atoms with van der Waals surface area (Å²) >= 11 is 0. The average Bonchev–Trinajstić information content (AvgIpc) is 3.09. The quantitative estimate of drug-likeness (QED) is 0.220. The monoisotopic (exact) mass is 541 g/mol. The molecule has 0 spiro atoms. The minimum absolute atomic E-state index is 0. The number of nitrogens with one attached hydrogen (secondary N) is 2. The van der Waals surface area contributed by atoms with Crippen molar-refractivity contribution in [1.82, 2.24) is 30.3 Å². The van der Waals surface area contributed by atoms with Gasteiger partial charge in [-0.05, 0) is 24.5 Å². The van der Waals surface area contributed by atoms with Gasteiger partial charge < -0.3 is 19.9 Å². The number of nitrogens with zero attached hydrogens (tertiary/aromatic N) is 5. The molecule has 0 amide bonds. The Kier molecular flexibility index (Phi) is 11.2. The molecular formula is C22H36IN7O. The van der Waals surface area contributed by atoms with E-state index in [0.717, 1.165) is 69.8 Å². The van der Waals surface area contributed by atoms with Gasteiger partial charge in [-0.1, -0.05) is 37.6 Å². The second-order valence-electron chi connectivity index (χ2n) is 7.68. The fourth-order valence-corrected chi connectivity index (χ4v) is 3.36. The zero-order chi connectivity index (χ0) is 21.2. The first-order chi connectivity index (χ1) is 14.7. The minimum atomic E-state index is 0. The first kappa shape index (κ1) is 25.5. The summed E-state index contributed by atoms with van der Waals surface area (Å²) in [6, 6.07) is 8.58. The lowest BCUT2D eigenvalue weighted by molar-refractivity contribution is 0.0341. The molecule has 1 aromatic heterocycles. The van der Waals surface area contributed by atoms with Crippen LogP contribution in [-0.4, -0.2) is 58.5 Å². The van der Waals surface area contributed by atoms with Crippen LogP contribution in [-0.2, 0) is 31.4 Å². The molecule has 0 unspecified atom stereocenters. The number of rotatable bonds is 9. The molecule has 172 valence electrons. The van der Waals surface area contributed by atoms with Crippen LogP contribution in [0.4, 0.5) is 0 Å². The number of hydrogen-bond donors (Lipinski definition) is 2. The third kappa shape index (κ3) is 8.04. The molecule has 1 aromatic carbocycles. The van der Waals surface area contributed by atoms with Gasteiger partial charge >= 0.3 is 0 Å². The lowest BCUT2D eigenvalue weighted by Gasteiger charge is -2.27. The Morgan fingerprint density at radius 1 is 1.13 bits per heavy atom. The molecule has 0 aliphatic carbocycles. The maximum Gasteiger partial charge on any atom is 0.191 e. The number of halogens is 1. The molecular weight excluding hydrogens is 505 g/mol. The topological polar surface area (TPSA) is 79.6 Å². The third-order valence-electron chi connectivity index (χ3n) is 5.44. The number of morpholine rings is 1. The van der Waals surface area contributed by atoms with Crippen LogP contribution in [0.5, 0.6) is 0 Å². The molecule has 0 atom stereocenters. The summed E-state index contributed by atoms with van der Waals surface area (Å²) < 4.78 is 7.47. The van der Waals surface area contributed by atoms with E-state index < -0.39 is 0 Å². The van der Waals surface area contributed by atoms with E-state index in [0.29, 0.717) is 13.1 Å². The van der Waals surface area contributed by atoms with Crippen molar-refractivity contribution in [2.75, 3.05) is 32.8 Å². The largest absolute Gasteiger partial charge is 0.379 e. The maximum atomic E-state index is 5.48. The average molecular weight is 541 g/mol. The molecule has 1 aliphatic heterocycles. The van der Waals surface area contributed by atoms with Crippen molar-refractivity contribution in [2.24, 2.45) is 12.0 Å². The number of aliphatic imine (C=N–C) groups is 1. The van der Waals surface area contributed by atoms with E-state index in [1.165, 1.54) is 11.1 Å². The Balaban J connectivity index is 0.00000341. The van der Waals surface area contributed by atoms with Crippen LogP contribution >= 0.6 is 24.0 Å². The molecule has 0 bridgehead atoms. The molecule has 9 heteroatoms. The van der Waals surface area contributed by atoms with Gasteiger partial charge in [0, 0.05) is 33.2 Å². The van der Waals surface area contributed by atoms with Gasteiger partial charge in [0.15, 0.2) is 11.8 Å². The van der Waals surface area contributed by atoms with Crippen LogP contribution in [0, 0.1) is 6.92 Å². The SMILES string of the molecule is CCCCNC(=NCc1ccccc1CN1CCOCC1)NCc1nnc(C)n1C.I. The van der Waals surface area contributed by atoms with Gasteiger partial charge in [-0.3, -0.25) is 4.90 Å². The van der Waals surface area contributed by atoms with Crippen molar-refractivity contribution in [3.05, 3.63) is 47.0 Å². The smallest absolute Gasteiger partial charge is 0.191 e. The van der Waals surface area contributed by atoms with Crippen molar-refractivity contribution >= 4 is 29.9 Å². The van der Waals surface area contributed by atoms with Gasteiger partial charge in [0.05, 0.1) is 26.3 Å². The van der Waals surface area contributed by atoms with E-state index in [9.17, 15) is 0 Å². The third-order valence-corrected chi connectivity index (χ3v) is 5.44. The van der Waals surface area contributed by atoms with E-state index in [-0.39, 0.29) is 24.0 Å². The molecule has 8 nitrogen and oxygen atoms in total. The van der Waals surface area contributed by atoms with E-state index in [4.69, 9.17) is 9.73 Å². The normalized spacial score (nSPS) is 14.9. The highest BCUT2D eigenvalue weighted by Gasteiger charge is 2.13. The molecule has 2 heterocycles. The van der Waals surface area contributed by atoms with Gasteiger partial charge in [-0.25, -0.2) is 4.99 Å². The molecule has 1 aliphatic rings. The fraction of sp³-hybridized carbons (Fsp3) is 0.591. The Morgan fingerprint density at radius 3 is 2.55 bits per heavy atom. The van der Waals surface area contributed by atoms with E-state index in [1.54, 1.807) is 0 Å². The summed E-state index contributed by atoms with van der Waals surface area (Å²) in [5.74, 6) is 2.61. The van der Waals surface area contributed by atoms with Crippen molar-refractivity contribution < 1.29 is 4.74 Å². The zero-order valence-corrected chi connectivity index (χ0v) is 21.3. The summed E-state index contributed by atoms with van der Waals surface area (Å²) in [6.07, 6.45) is 2.25. The van der Waals surface area contributed by atoms with Crippen LogP contribution in [0.3, 0.4) is 0 Å². The van der Waals surface area contributed by atoms with Gasteiger partial charge in [-0.2, -0.15) is 0 Å². The molecule has 31 heavy (non-hydrogen) atoms. The second-order valence-corrected chi connectivity index (χ2v) is 7.68. The summed E-state index contributed by atoms with van der Waals surface area (Å²) in [5, 5.41) is 15.2. The van der Waals surface area contributed by atoms with E-state index in [1.807, 2.05) is 18.5 Å². The summed E-state index contributed by atoms with van der Waals surface area (Å²) in [5.41, 5.74) is 2.59. The number of hydrogen-bond acceptors (Lipinski definition) is 5. The molecule has 1 saturated heterocycles. The number of benzene rings is 1. The van der Waals surface area contributed by atoms with Gasteiger partial charge in [0.2, 0.25) is 0 Å². The Labute approximate surface area is 202 Å². The first-order valence-corrected chi connectivity index (χ1v) is 10.9. The Morgan fingerprint density at radius 2 is 1.87 bits per heavy atom. The number of aromatic nitrogens is 3. The standard InChI is InChI=1S/C22H35N7O.HI/c1-4-5-10-23-22(25-16-21-27-26-18(2)28(21)3)24-15-19-8-6-7-9-20(19)17-29-11-13-30-14-12-29;/h6-9H,4-5,10-17H2,1-3H3,(H2,23,24,25);1H. The van der Waals surface area contributed by atoms with E-state index >= 15 is 0 Å². The Bertz CT molecular complexity index is 818. The highest BCUT2D eigenvalue weighted by molar-refractivity contribution is 14.0. The number of aryl methyl sites for hydroxylation is 1. The first-order valence-electron chi connectivity index (χ1n) is 10.9. The maximum absolute atomic E-state index is 5.48. The lowest BCUT2D eigenvalue weighted by atomic mass is 10.1. The van der Waals surface area contributed by atoms with Crippen LogP contribution in [0.2, 0.25) is 0 Å². The van der Waals surface area contributed by atoms with Crippen molar-refractivity contribution in [1.29, 1.82) is 0 Å². The van der Waals surface area contributed by atoms with Crippen molar-refractivity contribution in [2.45, 2.75) is 46.3 Å². The van der Waals surface area contributed by atoms with Crippen molar-refractivity contribution in [3.63, 3.8) is 0 Å². The van der Waals surface area contributed by atoms with Crippen molar-refractivity contribution in [3.8, 4) is 0 Å². The Hall–Kier alpha value is -1.72. The number of guanidine groups is 1. The highest BCUT2D eigenvalue weighted by atomic mass is 127. The fourth-order valence-electron chi connectivity index (χ4n) is 3.36. The molecule has 0 radical (unpaired) electrons. The molecule has 1 fully saturated rings. The summed E-state index contributed by atoms with van der Waals surface area (Å²) in [7, 11) is 1.98. The van der Waals surface area contributed by atoms with Gasteiger partial charge in [0.1, 0.15) is 5.82 Å². The summed E-state index contributed by atoms with van der Waals surface area (Å²) in [6.45, 7) is 10.8. The molecule has 2 N–H and O–H groups in total. The predicted octanol–water partition coefficient (Wildman–Crippen LogP) is 2.61. The lowest BCUT2D eigenvalue weighted by Crippen LogP contribution is -2.38. The molecule has 3 rings (SSSR count).